The Bertz CT molecular complexity index is 2510. The fourth-order valence-corrected chi connectivity index (χ4v) is 7.17. The molecule has 0 radical (unpaired) electrons. The first kappa shape index (κ1) is 27.9. The van der Waals surface area contributed by atoms with Gasteiger partial charge in [0.05, 0.1) is 0 Å². The van der Waals surface area contributed by atoms with Crippen LogP contribution in [0.2, 0.25) is 0 Å². The zero-order chi connectivity index (χ0) is 32.2. The van der Waals surface area contributed by atoms with Crippen LogP contribution in [-0.2, 0) is 0 Å². The van der Waals surface area contributed by atoms with E-state index in [1.807, 2.05) is 60.7 Å². The van der Waals surface area contributed by atoms with Gasteiger partial charge in [-0.05, 0) is 104 Å². The quantitative estimate of drug-likeness (QED) is 0.181. The van der Waals surface area contributed by atoms with Crippen molar-refractivity contribution in [2.24, 2.45) is 0 Å². The monoisotopic (exact) mass is 615 g/mol. The Morgan fingerprint density at radius 1 is 0.354 bits per heavy atom. The molecule has 0 spiro atoms. The third kappa shape index (κ3) is 4.68. The molecular weight excluding hydrogens is 587 g/mol. The lowest BCUT2D eigenvalue weighted by atomic mass is 9.92. The van der Waals surface area contributed by atoms with Gasteiger partial charge in [0.15, 0.2) is 11.6 Å². The van der Waals surface area contributed by atoms with Gasteiger partial charge in [-0.2, -0.15) is 0 Å². The third-order valence-electron chi connectivity index (χ3n) is 9.58. The van der Waals surface area contributed by atoms with Gasteiger partial charge in [-0.1, -0.05) is 115 Å². The number of ketones is 2. The summed E-state index contributed by atoms with van der Waals surface area (Å²) in [7, 11) is 0. The van der Waals surface area contributed by atoms with Crippen molar-refractivity contribution in [3.8, 4) is 11.1 Å². The van der Waals surface area contributed by atoms with Gasteiger partial charge in [-0.15, -0.1) is 0 Å². The predicted molar refractivity (Wildman–Crippen MR) is 197 cm³/mol. The zero-order valence-corrected chi connectivity index (χ0v) is 26.0. The number of hydrogen-bond donors (Lipinski definition) is 0. The smallest absolute Gasteiger partial charge is 0.178 e. The SMILES string of the molecule is O=C1c2cc3ccccc3cc2C(=O)C1c1ccc2cc(N(c3cccc(-c4ccccc4)c3)c3ccc4ccccc4c3)ccc2c1. The molecule has 0 unspecified atom stereocenters. The molecule has 3 heteroatoms. The summed E-state index contributed by atoms with van der Waals surface area (Å²) in [5.74, 6) is -1.08. The number of Topliss-reactive ketones (excluding diaryl/α,β-unsaturated/α-hetero) is 2. The number of carbonyl (C=O) groups excluding carboxylic acids is 2. The average Bonchev–Trinajstić information content (AvgIpc) is 3.38. The second kappa shape index (κ2) is 11.2. The highest BCUT2D eigenvalue weighted by atomic mass is 16.2. The number of benzene rings is 8. The van der Waals surface area contributed by atoms with E-state index in [1.165, 1.54) is 10.8 Å². The molecule has 0 heterocycles. The maximum absolute atomic E-state index is 13.6. The number of hydrogen-bond acceptors (Lipinski definition) is 3. The van der Waals surface area contributed by atoms with Gasteiger partial charge in [0.25, 0.3) is 0 Å². The van der Waals surface area contributed by atoms with E-state index in [2.05, 4.69) is 114 Å². The van der Waals surface area contributed by atoms with E-state index < -0.39 is 5.92 Å². The first-order valence-corrected chi connectivity index (χ1v) is 16.2. The largest absolute Gasteiger partial charge is 0.310 e. The lowest BCUT2D eigenvalue weighted by Gasteiger charge is -2.27. The van der Waals surface area contributed by atoms with Crippen LogP contribution in [0.15, 0.2) is 170 Å². The van der Waals surface area contributed by atoms with E-state index in [-0.39, 0.29) is 11.6 Å². The van der Waals surface area contributed by atoms with E-state index in [0.717, 1.165) is 55.3 Å². The Morgan fingerprint density at radius 2 is 0.833 bits per heavy atom. The minimum atomic E-state index is -0.823. The Morgan fingerprint density at radius 3 is 1.50 bits per heavy atom. The van der Waals surface area contributed by atoms with Gasteiger partial charge < -0.3 is 4.90 Å². The van der Waals surface area contributed by atoms with Crippen LogP contribution in [0.1, 0.15) is 32.2 Å². The van der Waals surface area contributed by atoms with Gasteiger partial charge in [0.2, 0.25) is 0 Å². The van der Waals surface area contributed by atoms with Crippen LogP contribution in [0.3, 0.4) is 0 Å². The zero-order valence-electron chi connectivity index (χ0n) is 26.0. The summed E-state index contributed by atoms with van der Waals surface area (Å²) in [4.78, 5) is 29.6. The molecule has 0 saturated carbocycles. The molecule has 9 rings (SSSR count). The lowest BCUT2D eigenvalue weighted by molar-refractivity contribution is 0.0890. The highest BCUT2D eigenvalue weighted by molar-refractivity contribution is 6.31. The standard InChI is InChI=1S/C45H29NO2/c47-44-41-27-33-13-6-7-14-34(33)28-42(41)45(48)43(44)37-18-17-36-26-40(22-20-35(36)23-37)46(39-21-19-30-11-4-5-12-31(30)25-39)38-16-8-15-32(24-38)29-9-2-1-3-10-29/h1-28,43H. The molecular formula is C45H29NO2. The van der Waals surface area contributed by atoms with Crippen molar-refractivity contribution in [3.05, 3.63) is 187 Å². The maximum Gasteiger partial charge on any atom is 0.178 e. The van der Waals surface area contributed by atoms with E-state index >= 15 is 0 Å². The van der Waals surface area contributed by atoms with Crippen molar-refractivity contribution in [3.63, 3.8) is 0 Å². The fourth-order valence-electron chi connectivity index (χ4n) is 7.17. The number of nitrogens with zero attached hydrogens (tertiary/aromatic N) is 1. The van der Waals surface area contributed by atoms with Crippen molar-refractivity contribution < 1.29 is 9.59 Å². The molecule has 1 aliphatic rings. The highest BCUT2D eigenvalue weighted by Crippen LogP contribution is 2.41. The summed E-state index contributed by atoms with van der Waals surface area (Å²) < 4.78 is 0. The van der Waals surface area contributed by atoms with E-state index in [0.29, 0.717) is 11.1 Å². The van der Waals surface area contributed by atoms with E-state index in [9.17, 15) is 9.59 Å². The number of fused-ring (bicyclic) bond motifs is 4. The first-order valence-electron chi connectivity index (χ1n) is 16.2. The predicted octanol–water partition coefficient (Wildman–Crippen LogP) is 11.4. The molecule has 0 atom stereocenters. The summed E-state index contributed by atoms with van der Waals surface area (Å²) in [6.07, 6.45) is 0. The molecule has 0 N–H and O–H groups in total. The van der Waals surface area contributed by atoms with Crippen LogP contribution in [-0.4, -0.2) is 11.6 Å². The van der Waals surface area contributed by atoms with Crippen molar-refractivity contribution in [1.82, 2.24) is 0 Å². The molecule has 48 heavy (non-hydrogen) atoms. The van der Waals surface area contributed by atoms with E-state index in [4.69, 9.17) is 0 Å². The molecule has 1 aliphatic carbocycles. The van der Waals surface area contributed by atoms with Gasteiger partial charge in [-0.3, -0.25) is 9.59 Å². The summed E-state index contributed by atoms with van der Waals surface area (Å²) in [5, 5.41) is 6.31. The average molecular weight is 616 g/mol. The molecule has 226 valence electrons. The molecule has 0 fully saturated rings. The summed E-state index contributed by atoms with van der Waals surface area (Å²) in [6.45, 7) is 0. The van der Waals surface area contributed by atoms with Crippen LogP contribution in [0.4, 0.5) is 17.1 Å². The summed E-state index contributed by atoms with van der Waals surface area (Å²) in [5.41, 5.74) is 7.19. The Kier molecular flexibility index (Phi) is 6.51. The Labute approximate surface area is 278 Å². The van der Waals surface area contributed by atoms with Crippen LogP contribution in [0.25, 0.3) is 43.4 Å². The molecule has 0 aliphatic heterocycles. The molecule has 8 aromatic rings. The second-order valence-electron chi connectivity index (χ2n) is 12.5. The van der Waals surface area contributed by atoms with Crippen molar-refractivity contribution in [1.29, 1.82) is 0 Å². The van der Waals surface area contributed by atoms with Crippen molar-refractivity contribution in [2.45, 2.75) is 5.92 Å². The topological polar surface area (TPSA) is 37.4 Å². The van der Waals surface area contributed by atoms with Crippen LogP contribution in [0.5, 0.6) is 0 Å². The molecule has 0 saturated heterocycles. The number of rotatable bonds is 5. The molecule has 8 aromatic carbocycles. The van der Waals surface area contributed by atoms with Gasteiger partial charge >= 0.3 is 0 Å². The molecule has 0 bridgehead atoms. The Hall–Kier alpha value is -6.32. The lowest BCUT2D eigenvalue weighted by Crippen LogP contribution is -2.13. The van der Waals surface area contributed by atoms with Crippen LogP contribution < -0.4 is 4.90 Å². The Balaban J connectivity index is 1.13. The first-order chi connectivity index (χ1) is 23.6. The second-order valence-corrected chi connectivity index (χ2v) is 12.5. The minimum absolute atomic E-state index is 0.127. The van der Waals surface area contributed by atoms with Crippen molar-refractivity contribution in [2.75, 3.05) is 4.90 Å². The fraction of sp³-hybridized carbons (Fsp3) is 0.0222. The third-order valence-corrected chi connectivity index (χ3v) is 9.58. The van der Waals surface area contributed by atoms with Gasteiger partial charge in [0, 0.05) is 28.2 Å². The summed E-state index contributed by atoms with van der Waals surface area (Å²) in [6, 6.07) is 58.0. The molecule has 0 aromatic heterocycles. The van der Waals surface area contributed by atoms with Gasteiger partial charge in [0.1, 0.15) is 5.92 Å². The van der Waals surface area contributed by atoms with Crippen molar-refractivity contribution >= 4 is 60.9 Å². The number of carbonyl (C=O) groups is 2. The molecule has 3 nitrogen and oxygen atoms in total. The highest BCUT2D eigenvalue weighted by Gasteiger charge is 2.39. The van der Waals surface area contributed by atoms with Gasteiger partial charge in [-0.25, -0.2) is 0 Å². The maximum atomic E-state index is 13.6. The normalized spacial score (nSPS) is 13.0. The minimum Gasteiger partial charge on any atom is -0.310 e. The number of anilines is 3. The van der Waals surface area contributed by atoms with Crippen LogP contribution in [0, 0.1) is 0 Å². The molecule has 0 amide bonds. The van der Waals surface area contributed by atoms with E-state index in [1.54, 1.807) is 0 Å². The van der Waals surface area contributed by atoms with Crippen LogP contribution >= 0.6 is 0 Å². The summed E-state index contributed by atoms with van der Waals surface area (Å²) >= 11 is 0.